The van der Waals surface area contributed by atoms with Crippen LogP contribution in [0.1, 0.15) is 37.3 Å². The van der Waals surface area contributed by atoms with Gasteiger partial charge >= 0.3 is 0 Å². The standard InChI is InChI=1S/C24H25N3O3/c1-16-6-8-18(9-7-16)21-22(26-14-4-3-5-15-26)24(30)27(23(21)29)20-12-10-19(11-13-20)25-17(2)28/h6-13H,3-5,14-15H2,1-2H3,(H,25,28). The lowest BCUT2D eigenvalue weighted by Crippen LogP contribution is -2.37. The molecule has 0 saturated carbocycles. The van der Waals surface area contributed by atoms with Gasteiger partial charge in [-0.2, -0.15) is 0 Å². The maximum atomic E-state index is 13.5. The van der Waals surface area contributed by atoms with E-state index in [9.17, 15) is 14.4 Å². The van der Waals surface area contributed by atoms with E-state index in [1.54, 1.807) is 24.3 Å². The molecule has 6 nitrogen and oxygen atoms in total. The van der Waals surface area contributed by atoms with Crippen LogP contribution in [0.25, 0.3) is 5.57 Å². The van der Waals surface area contributed by atoms with Gasteiger partial charge in [0, 0.05) is 25.7 Å². The van der Waals surface area contributed by atoms with Gasteiger partial charge in [-0.25, -0.2) is 4.90 Å². The zero-order chi connectivity index (χ0) is 21.3. The second-order valence-corrected chi connectivity index (χ2v) is 7.81. The molecule has 0 atom stereocenters. The molecule has 1 N–H and O–H groups in total. The minimum atomic E-state index is -0.309. The summed E-state index contributed by atoms with van der Waals surface area (Å²) in [4.78, 5) is 41.5. The topological polar surface area (TPSA) is 69.7 Å². The van der Waals surface area contributed by atoms with E-state index >= 15 is 0 Å². The molecule has 2 aliphatic rings. The maximum Gasteiger partial charge on any atom is 0.282 e. The lowest BCUT2D eigenvalue weighted by Gasteiger charge is -2.29. The number of likely N-dealkylation sites (tertiary alicyclic amines) is 1. The summed E-state index contributed by atoms with van der Waals surface area (Å²) in [5.41, 5.74) is 3.93. The third-order valence-corrected chi connectivity index (χ3v) is 5.52. The summed E-state index contributed by atoms with van der Waals surface area (Å²) in [5.74, 6) is -0.770. The Morgan fingerprint density at radius 2 is 1.50 bits per heavy atom. The average molecular weight is 403 g/mol. The zero-order valence-electron chi connectivity index (χ0n) is 17.3. The van der Waals surface area contributed by atoms with Crippen molar-refractivity contribution < 1.29 is 14.4 Å². The first kappa shape index (κ1) is 19.9. The highest BCUT2D eigenvalue weighted by molar-refractivity contribution is 6.45. The molecule has 30 heavy (non-hydrogen) atoms. The molecule has 2 aliphatic heterocycles. The van der Waals surface area contributed by atoms with Crippen LogP contribution in [0.15, 0.2) is 54.2 Å². The van der Waals surface area contributed by atoms with Crippen molar-refractivity contribution in [1.29, 1.82) is 0 Å². The van der Waals surface area contributed by atoms with Crippen LogP contribution in [0.5, 0.6) is 0 Å². The minimum Gasteiger partial charge on any atom is -0.366 e. The van der Waals surface area contributed by atoms with Crippen molar-refractivity contribution in [3.63, 3.8) is 0 Å². The van der Waals surface area contributed by atoms with Gasteiger partial charge in [0.05, 0.1) is 11.3 Å². The number of anilines is 2. The summed E-state index contributed by atoms with van der Waals surface area (Å²) in [5, 5.41) is 2.70. The molecule has 3 amide bonds. The summed E-state index contributed by atoms with van der Waals surface area (Å²) < 4.78 is 0. The Balaban J connectivity index is 1.74. The van der Waals surface area contributed by atoms with E-state index in [4.69, 9.17) is 0 Å². The van der Waals surface area contributed by atoms with Crippen molar-refractivity contribution in [1.82, 2.24) is 4.90 Å². The number of hydrogen-bond acceptors (Lipinski definition) is 4. The van der Waals surface area contributed by atoms with Gasteiger partial charge in [-0.05, 0) is 56.0 Å². The van der Waals surface area contributed by atoms with Crippen molar-refractivity contribution in [3.8, 4) is 0 Å². The summed E-state index contributed by atoms with van der Waals surface area (Å²) in [6, 6.07) is 14.5. The van der Waals surface area contributed by atoms with Crippen LogP contribution in [-0.2, 0) is 14.4 Å². The molecule has 0 aliphatic carbocycles. The molecule has 0 bridgehead atoms. The van der Waals surface area contributed by atoms with E-state index in [1.165, 1.54) is 11.8 Å². The molecule has 6 heteroatoms. The molecule has 0 unspecified atom stereocenters. The number of carbonyl (C=O) groups excluding carboxylic acids is 3. The Morgan fingerprint density at radius 1 is 0.867 bits per heavy atom. The SMILES string of the molecule is CC(=O)Nc1ccc(N2C(=O)C(c3ccc(C)cc3)=C(N3CCCCC3)C2=O)cc1. The molecular weight excluding hydrogens is 378 g/mol. The molecule has 2 aromatic carbocycles. The molecule has 1 fully saturated rings. The normalized spacial score (nSPS) is 17.0. The Morgan fingerprint density at radius 3 is 2.10 bits per heavy atom. The largest absolute Gasteiger partial charge is 0.366 e. The Bertz CT molecular complexity index is 1020. The van der Waals surface area contributed by atoms with E-state index in [2.05, 4.69) is 10.2 Å². The Hall–Kier alpha value is -3.41. The first-order chi connectivity index (χ1) is 14.5. The van der Waals surface area contributed by atoms with Crippen LogP contribution in [-0.4, -0.2) is 35.7 Å². The molecule has 0 spiro atoms. The summed E-state index contributed by atoms with van der Waals surface area (Å²) in [6.45, 7) is 4.98. The molecule has 0 radical (unpaired) electrons. The quantitative estimate of drug-likeness (QED) is 0.790. The third kappa shape index (κ3) is 3.73. The lowest BCUT2D eigenvalue weighted by molar-refractivity contribution is -0.121. The second-order valence-electron chi connectivity index (χ2n) is 7.81. The smallest absolute Gasteiger partial charge is 0.282 e. The number of carbonyl (C=O) groups is 3. The van der Waals surface area contributed by atoms with E-state index < -0.39 is 0 Å². The fraction of sp³-hybridized carbons (Fsp3) is 0.292. The number of hydrogen-bond donors (Lipinski definition) is 1. The van der Waals surface area contributed by atoms with E-state index in [0.717, 1.165) is 43.5 Å². The number of imide groups is 1. The number of piperidine rings is 1. The van der Waals surface area contributed by atoms with Crippen molar-refractivity contribution in [2.45, 2.75) is 33.1 Å². The van der Waals surface area contributed by atoms with Gasteiger partial charge < -0.3 is 10.2 Å². The number of aryl methyl sites for hydroxylation is 1. The van der Waals surface area contributed by atoms with Gasteiger partial charge in [0.2, 0.25) is 5.91 Å². The van der Waals surface area contributed by atoms with Crippen molar-refractivity contribution >= 4 is 34.7 Å². The monoisotopic (exact) mass is 403 g/mol. The number of nitrogens with one attached hydrogen (secondary N) is 1. The molecule has 4 rings (SSSR count). The molecule has 0 aromatic heterocycles. The van der Waals surface area contributed by atoms with Crippen molar-refractivity contribution in [3.05, 3.63) is 65.4 Å². The van der Waals surface area contributed by atoms with Crippen LogP contribution < -0.4 is 10.2 Å². The molecular formula is C24H25N3O3. The molecule has 2 heterocycles. The molecule has 1 saturated heterocycles. The first-order valence-corrected chi connectivity index (χ1v) is 10.3. The average Bonchev–Trinajstić information content (AvgIpc) is 3.00. The van der Waals surface area contributed by atoms with Crippen LogP contribution >= 0.6 is 0 Å². The van der Waals surface area contributed by atoms with E-state index in [-0.39, 0.29) is 17.7 Å². The van der Waals surface area contributed by atoms with Gasteiger partial charge in [0.15, 0.2) is 0 Å². The highest BCUT2D eigenvalue weighted by Crippen LogP contribution is 2.36. The number of amides is 3. The summed E-state index contributed by atoms with van der Waals surface area (Å²) >= 11 is 0. The van der Waals surface area contributed by atoms with Crippen molar-refractivity contribution in [2.75, 3.05) is 23.3 Å². The van der Waals surface area contributed by atoms with Crippen molar-refractivity contribution in [2.24, 2.45) is 0 Å². The van der Waals surface area contributed by atoms with Crippen LogP contribution in [0.3, 0.4) is 0 Å². The van der Waals surface area contributed by atoms with Gasteiger partial charge in [-0.3, -0.25) is 14.4 Å². The number of benzene rings is 2. The number of nitrogens with zero attached hydrogens (tertiary/aromatic N) is 2. The lowest BCUT2D eigenvalue weighted by atomic mass is 10.0. The van der Waals surface area contributed by atoms with Gasteiger partial charge in [-0.1, -0.05) is 29.8 Å². The van der Waals surface area contributed by atoms with Crippen LogP contribution in [0.4, 0.5) is 11.4 Å². The second kappa shape index (κ2) is 8.14. The van der Waals surface area contributed by atoms with Gasteiger partial charge in [-0.15, -0.1) is 0 Å². The fourth-order valence-corrected chi connectivity index (χ4v) is 4.04. The fourth-order valence-electron chi connectivity index (χ4n) is 4.04. The highest BCUT2D eigenvalue weighted by atomic mass is 16.2. The molecule has 2 aromatic rings. The predicted octanol–water partition coefficient (Wildman–Crippen LogP) is 3.72. The third-order valence-electron chi connectivity index (χ3n) is 5.52. The predicted molar refractivity (Wildman–Crippen MR) is 117 cm³/mol. The first-order valence-electron chi connectivity index (χ1n) is 10.3. The zero-order valence-corrected chi connectivity index (χ0v) is 17.3. The highest BCUT2D eigenvalue weighted by Gasteiger charge is 2.42. The molecule has 154 valence electrons. The van der Waals surface area contributed by atoms with Crippen LogP contribution in [0.2, 0.25) is 0 Å². The minimum absolute atomic E-state index is 0.174. The maximum absolute atomic E-state index is 13.5. The van der Waals surface area contributed by atoms with Gasteiger partial charge in [0.1, 0.15) is 5.70 Å². The van der Waals surface area contributed by atoms with E-state index in [1.807, 2.05) is 31.2 Å². The Labute approximate surface area is 176 Å². The van der Waals surface area contributed by atoms with E-state index in [0.29, 0.717) is 22.6 Å². The Kier molecular flexibility index (Phi) is 5.40. The summed E-state index contributed by atoms with van der Waals surface area (Å²) in [7, 11) is 0. The summed E-state index contributed by atoms with van der Waals surface area (Å²) in [6.07, 6.45) is 3.16. The van der Waals surface area contributed by atoms with Gasteiger partial charge in [0.25, 0.3) is 11.8 Å². The number of rotatable bonds is 4. The van der Waals surface area contributed by atoms with Crippen LogP contribution in [0, 0.1) is 6.92 Å².